The number of hydrogen-bond acceptors (Lipinski definition) is 3. The van der Waals surface area contributed by atoms with Crippen molar-refractivity contribution in [1.29, 1.82) is 0 Å². The van der Waals surface area contributed by atoms with E-state index in [0.29, 0.717) is 0 Å². The zero-order chi connectivity index (χ0) is 8.10. The van der Waals surface area contributed by atoms with Gasteiger partial charge in [-0.15, -0.1) is 0 Å². The molecule has 0 bridgehead atoms. The number of aliphatic hydroxyl groups is 1. The van der Waals surface area contributed by atoms with E-state index in [1.165, 1.54) is 6.42 Å². The van der Waals surface area contributed by atoms with Gasteiger partial charge in [0.05, 0.1) is 6.04 Å². The predicted octanol–water partition coefficient (Wildman–Crippen LogP) is 0.0800. The summed E-state index contributed by atoms with van der Waals surface area (Å²) < 4.78 is 0. The lowest BCUT2D eigenvalue weighted by molar-refractivity contribution is -0.123. The topological polar surface area (TPSA) is 49.3 Å². The molecule has 11 heavy (non-hydrogen) atoms. The molecule has 1 saturated heterocycles. The van der Waals surface area contributed by atoms with Gasteiger partial charge in [0.2, 0.25) is 0 Å². The second-order valence-electron chi connectivity index (χ2n) is 2.98. The minimum absolute atomic E-state index is 0.0631. The molecular weight excluding hydrogens is 142 g/mol. The Morgan fingerprint density at radius 1 is 1.45 bits per heavy atom. The number of carbonyl (C=O) groups excluding carboxylic acids is 1. The van der Waals surface area contributed by atoms with Crippen molar-refractivity contribution in [2.75, 3.05) is 13.2 Å². The smallest absolute Gasteiger partial charge is 0.174 e. The third-order valence-electron chi connectivity index (χ3n) is 2.10. The van der Waals surface area contributed by atoms with E-state index in [-0.39, 0.29) is 18.4 Å². The Labute approximate surface area is 66.8 Å². The van der Waals surface area contributed by atoms with Gasteiger partial charge >= 0.3 is 0 Å². The normalized spacial score (nSPS) is 26.1. The van der Waals surface area contributed by atoms with Crippen molar-refractivity contribution >= 4 is 5.78 Å². The summed E-state index contributed by atoms with van der Waals surface area (Å²) in [5.74, 6) is -0.0631. The van der Waals surface area contributed by atoms with Crippen molar-refractivity contribution in [2.45, 2.75) is 31.7 Å². The highest BCUT2D eigenvalue weighted by atomic mass is 16.3. The summed E-state index contributed by atoms with van der Waals surface area (Å²) in [6, 6.07) is -0.0810. The fourth-order valence-corrected chi connectivity index (χ4v) is 1.41. The second kappa shape index (κ2) is 4.46. The van der Waals surface area contributed by atoms with Crippen LogP contribution in [-0.2, 0) is 4.79 Å². The van der Waals surface area contributed by atoms with E-state index in [2.05, 4.69) is 5.32 Å². The number of hydrogen-bond donors (Lipinski definition) is 2. The molecule has 1 aliphatic heterocycles. The molecule has 1 rings (SSSR count). The van der Waals surface area contributed by atoms with E-state index in [1.807, 2.05) is 0 Å². The van der Waals surface area contributed by atoms with Crippen molar-refractivity contribution in [1.82, 2.24) is 5.32 Å². The summed E-state index contributed by atoms with van der Waals surface area (Å²) in [5.41, 5.74) is 0. The van der Waals surface area contributed by atoms with Crippen LogP contribution in [0, 0.1) is 0 Å². The van der Waals surface area contributed by atoms with Gasteiger partial charge < -0.3 is 10.4 Å². The standard InChI is InChI=1S/C8H15NO2/c10-6-8(11)7-4-2-1-3-5-9-7/h7,9-10H,1-6H2. The number of aliphatic hydroxyl groups excluding tert-OH is 1. The predicted molar refractivity (Wildman–Crippen MR) is 42.4 cm³/mol. The van der Waals surface area contributed by atoms with Crippen LogP contribution in [-0.4, -0.2) is 30.1 Å². The molecule has 2 N–H and O–H groups in total. The van der Waals surface area contributed by atoms with Gasteiger partial charge in [-0.25, -0.2) is 0 Å². The third kappa shape index (κ3) is 2.60. The molecule has 1 aliphatic rings. The molecule has 0 aromatic rings. The fourth-order valence-electron chi connectivity index (χ4n) is 1.41. The Balaban J connectivity index is 2.36. The summed E-state index contributed by atoms with van der Waals surface area (Å²) in [6.45, 7) is 0.591. The first-order valence-corrected chi connectivity index (χ1v) is 4.21. The molecule has 1 heterocycles. The molecule has 0 aromatic carbocycles. The van der Waals surface area contributed by atoms with Gasteiger partial charge in [0, 0.05) is 0 Å². The van der Waals surface area contributed by atoms with Crippen molar-refractivity contribution in [3.8, 4) is 0 Å². The van der Waals surface area contributed by atoms with Crippen LogP contribution in [0.5, 0.6) is 0 Å². The van der Waals surface area contributed by atoms with E-state index in [4.69, 9.17) is 5.11 Å². The quantitative estimate of drug-likeness (QED) is 0.597. The number of ketones is 1. The number of Topliss-reactive ketones (excluding diaryl/α,β-unsaturated/α-hetero) is 1. The van der Waals surface area contributed by atoms with Crippen LogP contribution in [0.25, 0.3) is 0 Å². The van der Waals surface area contributed by atoms with Gasteiger partial charge in [0.1, 0.15) is 6.61 Å². The zero-order valence-electron chi connectivity index (χ0n) is 6.68. The largest absolute Gasteiger partial charge is 0.389 e. The first-order valence-electron chi connectivity index (χ1n) is 4.21. The minimum atomic E-state index is -0.322. The maximum absolute atomic E-state index is 11.0. The summed E-state index contributed by atoms with van der Waals surface area (Å²) in [6.07, 6.45) is 4.33. The van der Waals surface area contributed by atoms with E-state index in [1.54, 1.807) is 0 Å². The van der Waals surface area contributed by atoms with Crippen LogP contribution in [0.4, 0.5) is 0 Å². The van der Waals surface area contributed by atoms with Crippen LogP contribution in [0.15, 0.2) is 0 Å². The molecule has 1 unspecified atom stereocenters. The minimum Gasteiger partial charge on any atom is -0.389 e. The lowest BCUT2D eigenvalue weighted by atomic mass is 10.1. The Morgan fingerprint density at radius 3 is 3.00 bits per heavy atom. The molecule has 3 heteroatoms. The maximum atomic E-state index is 11.0. The van der Waals surface area contributed by atoms with Gasteiger partial charge in [-0.2, -0.15) is 0 Å². The summed E-state index contributed by atoms with van der Waals surface area (Å²) in [5, 5.41) is 11.7. The highest BCUT2D eigenvalue weighted by molar-refractivity contribution is 5.84. The van der Waals surface area contributed by atoms with E-state index in [0.717, 1.165) is 25.8 Å². The number of rotatable bonds is 2. The van der Waals surface area contributed by atoms with Crippen molar-refractivity contribution in [2.24, 2.45) is 0 Å². The summed E-state index contributed by atoms with van der Waals surface area (Å²) in [7, 11) is 0. The fraction of sp³-hybridized carbons (Fsp3) is 0.875. The second-order valence-corrected chi connectivity index (χ2v) is 2.98. The Bertz CT molecular complexity index is 128. The van der Waals surface area contributed by atoms with Crippen LogP contribution in [0.1, 0.15) is 25.7 Å². The van der Waals surface area contributed by atoms with Gasteiger partial charge in [0.25, 0.3) is 0 Å². The maximum Gasteiger partial charge on any atom is 0.174 e. The Hall–Kier alpha value is -0.410. The van der Waals surface area contributed by atoms with Gasteiger partial charge in [-0.3, -0.25) is 4.79 Å². The molecular formula is C8H15NO2. The Kier molecular flexibility index (Phi) is 3.52. The highest BCUT2D eigenvalue weighted by Gasteiger charge is 2.17. The number of carbonyl (C=O) groups is 1. The first-order chi connectivity index (χ1) is 5.34. The summed E-state index contributed by atoms with van der Waals surface area (Å²) >= 11 is 0. The lowest BCUT2D eigenvalue weighted by Crippen LogP contribution is -2.37. The molecule has 1 atom stereocenters. The summed E-state index contributed by atoms with van der Waals surface area (Å²) in [4.78, 5) is 11.0. The van der Waals surface area contributed by atoms with Crippen LogP contribution in [0.3, 0.4) is 0 Å². The molecule has 0 saturated carbocycles. The molecule has 0 spiro atoms. The monoisotopic (exact) mass is 157 g/mol. The molecule has 1 fully saturated rings. The highest BCUT2D eigenvalue weighted by Crippen LogP contribution is 2.08. The van der Waals surface area contributed by atoms with Crippen LogP contribution >= 0.6 is 0 Å². The molecule has 0 radical (unpaired) electrons. The Morgan fingerprint density at radius 2 is 2.27 bits per heavy atom. The SMILES string of the molecule is O=C(CO)C1CCCCCN1. The molecule has 3 nitrogen and oxygen atoms in total. The van der Waals surface area contributed by atoms with Crippen molar-refractivity contribution in [3.05, 3.63) is 0 Å². The average molecular weight is 157 g/mol. The number of nitrogens with one attached hydrogen (secondary N) is 1. The van der Waals surface area contributed by atoms with Gasteiger partial charge in [-0.05, 0) is 19.4 Å². The zero-order valence-corrected chi connectivity index (χ0v) is 6.68. The van der Waals surface area contributed by atoms with E-state index in [9.17, 15) is 4.79 Å². The average Bonchev–Trinajstić information content (AvgIpc) is 2.30. The molecule has 0 aromatic heterocycles. The van der Waals surface area contributed by atoms with Crippen molar-refractivity contribution in [3.63, 3.8) is 0 Å². The first kappa shape index (κ1) is 8.68. The van der Waals surface area contributed by atoms with Crippen molar-refractivity contribution < 1.29 is 9.90 Å². The van der Waals surface area contributed by atoms with E-state index >= 15 is 0 Å². The van der Waals surface area contributed by atoms with E-state index < -0.39 is 0 Å². The van der Waals surface area contributed by atoms with Crippen LogP contribution < -0.4 is 5.32 Å². The molecule has 0 aliphatic carbocycles. The molecule has 64 valence electrons. The third-order valence-corrected chi connectivity index (χ3v) is 2.10. The molecule has 0 amide bonds. The van der Waals surface area contributed by atoms with Gasteiger partial charge in [-0.1, -0.05) is 12.8 Å². The van der Waals surface area contributed by atoms with Gasteiger partial charge in [0.15, 0.2) is 5.78 Å². The lowest BCUT2D eigenvalue weighted by Gasteiger charge is -2.11. The van der Waals surface area contributed by atoms with Crippen LogP contribution in [0.2, 0.25) is 0 Å².